The summed E-state index contributed by atoms with van der Waals surface area (Å²) in [5.74, 6) is 0.545. The zero-order valence-corrected chi connectivity index (χ0v) is 9.87. The smallest absolute Gasteiger partial charge is 0.123 e. The van der Waals surface area contributed by atoms with E-state index < -0.39 is 0 Å². The van der Waals surface area contributed by atoms with Gasteiger partial charge in [-0.1, -0.05) is 19.1 Å². The van der Waals surface area contributed by atoms with Gasteiger partial charge in [0.2, 0.25) is 0 Å². The zero-order chi connectivity index (χ0) is 11.5. The van der Waals surface area contributed by atoms with Crippen LogP contribution in [0.2, 0.25) is 0 Å². The van der Waals surface area contributed by atoms with E-state index in [1.807, 2.05) is 17.5 Å². The number of nitrogens with zero attached hydrogens (tertiary/aromatic N) is 1. The van der Waals surface area contributed by atoms with Gasteiger partial charge in [0.1, 0.15) is 10.8 Å². The van der Waals surface area contributed by atoms with Crippen molar-refractivity contribution in [3.63, 3.8) is 0 Å². The second-order valence-electron chi connectivity index (χ2n) is 3.76. The summed E-state index contributed by atoms with van der Waals surface area (Å²) in [7, 11) is 0. The van der Waals surface area contributed by atoms with Crippen LogP contribution in [0.1, 0.15) is 18.5 Å². The van der Waals surface area contributed by atoms with Crippen molar-refractivity contribution in [2.75, 3.05) is 6.54 Å². The molecule has 3 N–H and O–H groups in total. The van der Waals surface area contributed by atoms with Crippen LogP contribution < -0.4 is 5.73 Å². The first-order valence-corrected chi connectivity index (χ1v) is 6.03. The summed E-state index contributed by atoms with van der Waals surface area (Å²) in [6.07, 6.45) is 0. The Morgan fingerprint density at radius 1 is 1.50 bits per heavy atom. The van der Waals surface area contributed by atoms with E-state index in [0.717, 1.165) is 16.3 Å². The molecule has 1 unspecified atom stereocenters. The number of hydrogen-bond donors (Lipinski definition) is 2. The van der Waals surface area contributed by atoms with E-state index in [9.17, 15) is 5.11 Å². The molecule has 1 heterocycles. The molecule has 4 heteroatoms. The lowest BCUT2D eigenvalue weighted by Gasteiger charge is -2.02. The van der Waals surface area contributed by atoms with Gasteiger partial charge in [0, 0.05) is 23.4 Å². The van der Waals surface area contributed by atoms with Crippen LogP contribution >= 0.6 is 11.3 Å². The molecule has 0 saturated carbocycles. The quantitative estimate of drug-likeness (QED) is 0.858. The van der Waals surface area contributed by atoms with Crippen molar-refractivity contribution in [3.05, 3.63) is 35.3 Å². The summed E-state index contributed by atoms with van der Waals surface area (Å²) in [6, 6.07) is 7.13. The molecule has 84 valence electrons. The second kappa shape index (κ2) is 4.63. The van der Waals surface area contributed by atoms with Gasteiger partial charge in [-0.3, -0.25) is 0 Å². The Bertz CT molecular complexity index is 481. The molecule has 0 aliphatic heterocycles. The van der Waals surface area contributed by atoms with Gasteiger partial charge in [0.05, 0.1) is 5.69 Å². The third-order valence-corrected chi connectivity index (χ3v) is 3.38. The minimum absolute atomic E-state index is 0.265. The SMILES string of the molecule is CC(CN)c1csc(-c2cccc(O)c2)n1. The van der Waals surface area contributed by atoms with Crippen LogP contribution in [0.15, 0.2) is 29.6 Å². The number of phenols is 1. The molecule has 0 bridgehead atoms. The van der Waals surface area contributed by atoms with E-state index in [2.05, 4.69) is 11.9 Å². The number of hydrogen-bond acceptors (Lipinski definition) is 4. The maximum absolute atomic E-state index is 9.39. The Hall–Kier alpha value is -1.39. The number of thiazole rings is 1. The predicted molar refractivity (Wildman–Crippen MR) is 66.7 cm³/mol. The fraction of sp³-hybridized carbons (Fsp3) is 0.250. The van der Waals surface area contributed by atoms with Crippen molar-refractivity contribution < 1.29 is 5.11 Å². The van der Waals surface area contributed by atoms with Crippen LogP contribution in [0.3, 0.4) is 0 Å². The van der Waals surface area contributed by atoms with E-state index in [-0.39, 0.29) is 11.7 Å². The topological polar surface area (TPSA) is 59.1 Å². The van der Waals surface area contributed by atoms with Gasteiger partial charge >= 0.3 is 0 Å². The number of benzene rings is 1. The van der Waals surface area contributed by atoms with E-state index in [1.165, 1.54) is 0 Å². The Morgan fingerprint density at radius 2 is 2.31 bits per heavy atom. The summed E-state index contributed by atoms with van der Waals surface area (Å²) in [6.45, 7) is 2.66. The first kappa shape index (κ1) is 11.1. The molecule has 0 amide bonds. The average molecular weight is 234 g/mol. The Morgan fingerprint density at radius 3 is 3.00 bits per heavy atom. The highest BCUT2D eigenvalue weighted by molar-refractivity contribution is 7.13. The van der Waals surface area contributed by atoms with Crippen molar-refractivity contribution in [2.45, 2.75) is 12.8 Å². The molecule has 0 aliphatic carbocycles. The van der Waals surface area contributed by atoms with Crippen LogP contribution in [-0.2, 0) is 0 Å². The van der Waals surface area contributed by atoms with E-state index in [0.29, 0.717) is 6.54 Å². The van der Waals surface area contributed by atoms with Crippen molar-refractivity contribution in [1.29, 1.82) is 0 Å². The maximum atomic E-state index is 9.39. The number of rotatable bonds is 3. The van der Waals surface area contributed by atoms with Crippen LogP contribution in [-0.4, -0.2) is 16.6 Å². The number of nitrogens with two attached hydrogens (primary N) is 1. The van der Waals surface area contributed by atoms with Gasteiger partial charge in [-0.25, -0.2) is 4.98 Å². The summed E-state index contributed by atoms with van der Waals surface area (Å²) in [4.78, 5) is 4.52. The Balaban J connectivity index is 2.31. The maximum Gasteiger partial charge on any atom is 0.123 e. The van der Waals surface area contributed by atoms with E-state index >= 15 is 0 Å². The van der Waals surface area contributed by atoms with Gasteiger partial charge in [-0.2, -0.15) is 0 Å². The highest BCUT2D eigenvalue weighted by atomic mass is 32.1. The fourth-order valence-electron chi connectivity index (χ4n) is 1.40. The summed E-state index contributed by atoms with van der Waals surface area (Å²) in [5, 5.41) is 12.3. The first-order chi connectivity index (χ1) is 7.70. The van der Waals surface area contributed by atoms with Gasteiger partial charge in [-0.15, -0.1) is 11.3 Å². The van der Waals surface area contributed by atoms with Crippen LogP contribution in [0, 0.1) is 0 Å². The minimum atomic E-state index is 0.265. The normalized spacial score (nSPS) is 12.6. The van der Waals surface area contributed by atoms with Gasteiger partial charge in [-0.05, 0) is 12.1 Å². The fourth-order valence-corrected chi connectivity index (χ4v) is 2.34. The number of phenolic OH excluding ortho intramolecular Hbond substituents is 1. The highest BCUT2D eigenvalue weighted by Gasteiger charge is 2.09. The monoisotopic (exact) mass is 234 g/mol. The second-order valence-corrected chi connectivity index (χ2v) is 4.62. The molecular formula is C12H14N2OS. The van der Waals surface area contributed by atoms with Crippen LogP contribution in [0.5, 0.6) is 5.75 Å². The Labute approximate surface area is 98.6 Å². The van der Waals surface area contributed by atoms with Crippen molar-refractivity contribution >= 4 is 11.3 Å². The molecule has 16 heavy (non-hydrogen) atoms. The van der Waals surface area contributed by atoms with Crippen molar-refractivity contribution in [1.82, 2.24) is 4.98 Å². The lowest BCUT2D eigenvalue weighted by molar-refractivity contribution is 0.475. The molecule has 0 radical (unpaired) electrons. The molecule has 1 aromatic heterocycles. The molecule has 3 nitrogen and oxygen atoms in total. The zero-order valence-electron chi connectivity index (χ0n) is 9.05. The summed E-state index contributed by atoms with van der Waals surface area (Å²) in [5.41, 5.74) is 7.56. The third-order valence-electron chi connectivity index (χ3n) is 2.47. The van der Waals surface area contributed by atoms with Gasteiger partial charge < -0.3 is 10.8 Å². The van der Waals surface area contributed by atoms with Crippen LogP contribution in [0.4, 0.5) is 0 Å². The standard InChI is InChI=1S/C12H14N2OS/c1-8(6-13)11-7-16-12(14-11)9-3-2-4-10(15)5-9/h2-5,7-8,15H,6,13H2,1H3. The molecule has 0 spiro atoms. The average Bonchev–Trinajstić information content (AvgIpc) is 2.77. The van der Waals surface area contributed by atoms with Crippen LogP contribution in [0.25, 0.3) is 10.6 Å². The Kier molecular flexibility index (Phi) is 3.22. The predicted octanol–water partition coefficient (Wildman–Crippen LogP) is 2.58. The molecule has 2 aromatic rings. The lowest BCUT2D eigenvalue weighted by Crippen LogP contribution is -2.08. The largest absolute Gasteiger partial charge is 0.508 e. The van der Waals surface area contributed by atoms with Gasteiger partial charge in [0.15, 0.2) is 0 Å². The minimum Gasteiger partial charge on any atom is -0.508 e. The first-order valence-electron chi connectivity index (χ1n) is 5.15. The third kappa shape index (κ3) is 2.23. The van der Waals surface area contributed by atoms with E-state index in [4.69, 9.17) is 5.73 Å². The van der Waals surface area contributed by atoms with E-state index in [1.54, 1.807) is 23.5 Å². The molecule has 0 fully saturated rings. The molecular weight excluding hydrogens is 220 g/mol. The number of aromatic hydroxyl groups is 1. The van der Waals surface area contributed by atoms with Gasteiger partial charge in [0.25, 0.3) is 0 Å². The molecule has 2 rings (SSSR count). The number of aromatic nitrogens is 1. The molecule has 0 aliphatic rings. The molecule has 0 saturated heterocycles. The van der Waals surface area contributed by atoms with Crippen molar-refractivity contribution in [3.8, 4) is 16.3 Å². The molecule has 1 aromatic carbocycles. The highest BCUT2D eigenvalue weighted by Crippen LogP contribution is 2.28. The summed E-state index contributed by atoms with van der Waals surface area (Å²) < 4.78 is 0. The van der Waals surface area contributed by atoms with Crippen molar-refractivity contribution in [2.24, 2.45) is 5.73 Å². The summed E-state index contributed by atoms with van der Waals surface area (Å²) >= 11 is 1.58. The lowest BCUT2D eigenvalue weighted by atomic mass is 10.1. The molecule has 1 atom stereocenters.